The molecule has 0 bridgehead atoms. The number of benzene rings is 1. The molecule has 2 aromatic rings. The van der Waals surface area contributed by atoms with Gasteiger partial charge in [-0.15, -0.1) is 11.3 Å². The highest BCUT2D eigenvalue weighted by molar-refractivity contribution is 9.10. The lowest BCUT2D eigenvalue weighted by Crippen LogP contribution is -2.24. The van der Waals surface area contributed by atoms with E-state index in [2.05, 4.69) is 56.9 Å². The van der Waals surface area contributed by atoms with Gasteiger partial charge >= 0.3 is 0 Å². The third-order valence-electron chi connectivity index (χ3n) is 2.97. The van der Waals surface area contributed by atoms with Gasteiger partial charge in [0.05, 0.1) is 0 Å². The second-order valence-corrected chi connectivity index (χ2v) is 6.87. The number of hydrogen-bond acceptors (Lipinski definition) is 3. The van der Waals surface area contributed by atoms with Crippen LogP contribution in [0.2, 0.25) is 0 Å². The first kappa shape index (κ1) is 16.2. The summed E-state index contributed by atoms with van der Waals surface area (Å²) in [5.41, 5.74) is 1.24. The second-order valence-electron chi connectivity index (χ2n) is 4.79. The van der Waals surface area contributed by atoms with Gasteiger partial charge in [0.15, 0.2) is 0 Å². The Balaban J connectivity index is 1.77. The average molecular weight is 367 g/mol. The first-order valence-electron chi connectivity index (χ1n) is 6.95. The maximum Gasteiger partial charge on any atom is 0.216 e. The van der Waals surface area contributed by atoms with Crippen molar-refractivity contribution < 1.29 is 4.79 Å². The molecule has 1 amide bonds. The number of nitrogens with one attached hydrogen (secondary N) is 2. The van der Waals surface area contributed by atoms with Crippen molar-refractivity contribution in [3.8, 4) is 10.4 Å². The summed E-state index contributed by atoms with van der Waals surface area (Å²) in [7, 11) is 0. The number of carbonyl (C=O) groups is 1. The zero-order valence-corrected chi connectivity index (χ0v) is 14.4. The number of carbonyl (C=O) groups excluding carboxylic acids is 1. The number of rotatable bonds is 7. The number of thiophene rings is 1. The van der Waals surface area contributed by atoms with Crippen LogP contribution in [0.3, 0.4) is 0 Å². The lowest BCUT2D eigenvalue weighted by molar-refractivity contribution is -0.118. The van der Waals surface area contributed by atoms with E-state index in [4.69, 9.17) is 0 Å². The molecule has 0 radical (unpaired) electrons. The molecule has 0 saturated heterocycles. The van der Waals surface area contributed by atoms with E-state index < -0.39 is 0 Å². The van der Waals surface area contributed by atoms with E-state index in [1.165, 1.54) is 15.3 Å². The van der Waals surface area contributed by atoms with Gasteiger partial charge in [-0.25, -0.2) is 0 Å². The molecule has 1 heterocycles. The highest BCUT2D eigenvalue weighted by atomic mass is 79.9. The van der Waals surface area contributed by atoms with E-state index in [1.54, 1.807) is 6.92 Å². The summed E-state index contributed by atoms with van der Waals surface area (Å²) in [6.45, 7) is 4.06. The summed E-state index contributed by atoms with van der Waals surface area (Å²) in [4.78, 5) is 13.3. The Morgan fingerprint density at radius 1 is 1.24 bits per heavy atom. The van der Waals surface area contributed by atoms with Gasteiger partial charge in [-0.1, -0.05) is 28.1 Å². The Hall–Kier alpha value is -1.17. The fourth-order valence-corrected chi connectivity index (χ4v) is 3.33. The van der Waals surface area contributed by atoms with E-state index in [-0.39, 0.29) is 5.91 Å². The lowest BCUT2D eigenvalue weighted by atomic mass is 10.2. The van der Waals surface area contributed by atoms with Gasteiger partial charge in [0, 0.05) is 34.2 Å². The normalized spacial score (nSPS) is 10.6. The summed E-state index contributed by atoms with van der Waals surface area (Å²) in [6.07, 6.45) is 0.948. The monoisotopic (exact) mass is 366 g/mol. The molecule has 0 aliphatic carbocycles. The molecule has 0 unspecified atom stereocenters. The van der Waals surface area contributed by atoms with Crippen molar-refractivity contribution in [1.29, 1.82) is 0 Å². The van der Waals surface area contributed by atoms with Gasteiger partial charge in [-0.05, 0) is 42.8 Å². The van der Waals surface area contributed by atoms with Crippen LogP contribution in [0.4, 0.5) is 0 Å². The Morgan fingerprint density at radius 3 is 2.86 bits per heavy atom. The molecule has 5 heteroatoms. The maximum absolute atomic E-state index is 10.7. The maximum atomic E-state index is 10.7. The van der Waals surface area contributed by atoms with E-state index in [9.17, 15) is 4.79 Å². The van der Waals surface area contributed by atoms with E-state index >= 15 is 0 Å². The van der Waals surface area contributed by atoms with Gasteiger partial charge in [0.25, 0.3) is 0 Å². The number of amides is 1. The van der Waals surface area contributed by atoms with E-state index in [0.717, 1.165) is 30.5 Å². The molecule has 0 saturated carbocycles. The van der Waals surface area contributed by atoms with Crippen molar-refractivity contribution in [2.75, 3.05) is 13.1 Å². The molecular weight excluding hydrogens is 348 g/mol. The fraction of sp³-hybridized carbons (Fsp3) is 0.312. The van der Waals surface area contributed by atoms with Gasteiger partial charge < -0.3 is 10.6 Å². The minimum atomic E-state index is 0.0342. The smallest absolute Gasteiger partial charge is 0.216 e. The Morgan fingerprint density at radius 2 is 2.10 bits per heavy atom. The average Bonchev–Trinajstić information content (AvgIpc) is 2.91. The van der Waals surface area contributed by atoms with Crippen LogP contribution in [-0.2, 0) is 11.3 Å². The molecule has 21 heavy (non-hydrogen) atoms. The van der Waals surface area contributed by atoms with Crippen LogP contribution in [0.1, 0.15) is 18.2 Å². The van der Waals surface area contributed by atoms with Gasteiger partial charge in [-0.3, -0.25) is 4.79 Å². The summed E-state index contributed by atoms with van der Waals surface area (Å²) in [5.74, 6) is 0.0342. The van der Waals surface area contributed by atoms with Crippen molar-refractivity contribution >= 4 is 33.2 Å². The van der Waals surface area contributed by atoms with Crippen LogP contribution >= 0.6 is 27.3 Å². The minimum Gasteiger partial charge on any atom is -0.356 e. The Kier molecular flexibility index (Phi) is 6.42. The Bertz CT molecular complexity index is 597. The third kappa shape index (κ3) is 5.61. The van der Waals surface area contributed by atoms with Crippen molar-refractivity contribution in [2.45, 2.75) is 19.9 Å². The van der Waals surface area contributed by atoms with Crippen LogP contribution < -0.4 is 10.6 Å². The molecule has 1 aromatic heterocycles. The fourth-order valence-electron chi connectivity index (χ4n) is 1.96. The SMILES string of the molecule is CC(=O)NCCCNCc1ccc(-c2cccc(Br)c2)s1. The van der Waals surface area contributed by atoms with Gasteiger partial charge in [0.2, 0.25) is 5.91 Å². The quantitative estimate of drug-likeness (QED) is 0.731. The molecule has 1 aromatic carbocycles. The standard InChI is InChI=1S/C16H19BrN2OS/c1-12(20)19-9-3-8-18-11-15-6-7-16(21-15)13-4-2-5-14(17)10-13/h2,4-7,10,18H,3,8-9,11H2,1H3,(H,19,20). The molecule has 0 fully saturated rings. The molecule has 2 rings (SSSR count). The van der Waals surface area contributed by atoms with Crippen LogP contribution in [-0.4, -0.2) is 19.0 Å². The van der Waals surface area contributed by atoms with Crippen LogP contribution in [0.5, 0.6) is 0 Å². The highest BCUT2D eigenvalue weighted by Gasteiger charge is 2.03. The molecule has 0 spiro atoms. The zero-order chi connectivity index (χ0) is 15.1. The molecule has 3 nitrogen and oxygen atoms in total. The molecular formula is C16H19BrN2OS. The minimum absolute atomic E-state index is 0.0342. The zero-order valence-electron chi connectivity index (χ0n) is 12.0. The largest absolute Gasteiger partial charge is 0.356 e. The Labute approximate surface area is 137 Å². The first-order valence-corrected chi connectivity index (χ1v) is 8.56. The van der Waals surface area contributed by atoms with Crippen LogP contribution in [0.15, 0.2) is 40.9 Å². The summed E-state index contributed by atoms with van der Waals surface area (Å²) in [6, 6.07) is 12.7. The molecule has 112 valence electrons. The summed E-state index contributed by atoms with van der Waals surface area (Å²) >= 11 is 5.32. The second kappa shape index (κ2) is 8.32. The van der Waals surface area contributed by atoms with Crippen molar-refractivity contribution in [2.24, 2.45) is 0 Å². The van der Waals surface area contributed by atoms with Crippen LogP contribution in [0.25, 0.3) is 10.4 Å². The van der Waals surface area contributed by atoms with Crippen molar-refractivity contribution in [1.82, 2.24) is 10.6 Å². The van der Waals surface area contributed by atoms with Gasteiger partial charge in [-0.2, -0.15) is 0 Å². The number of halogens is 1. The molecule has 0 aliphatic rings. The van der Waals surface area contributed by atoms with Crippen LogP contribution in [0, 0.1) is 0 Å². The van der Waals surface area contributed by atoms with E-state index in [1.807, 2.05) is 17.4 Å². The molecule has 2 N–H and O–H groups in total. The van der Waals surface area contributed by atoms with Crippen molar-refractivity contribution in [3.63, 3.8) is 0 Å². The van der Waals surface area contributed by atoms with E-state index in [0.29, 0.717) is 0 Å². The predicted molar refractivity (Wildman–Crippen MR) is 92.5 cm³/mol. The summed E-state index contributed by atoms with van der Waals surface area (Å²) < 4.78 is 1.10. The van der Waals surface area contributed by atoms with Crippen molar-refractivity contribution in [3.05, 3.63) is 45.7 Å². The predicted octanol–water partition coefficient (Wildman–Crippen LogP) is 3.79. The highest BCUT2D eigenvalue weighted by Crippen LogP contribution is 2.29. The number of hydrogen-bond donors (Lipinski definition) is 2. The van der Waals surface area contributed by atoms with Gasteiger partial charge in [0.1, 0.15) is 0 Å². The first-order chi connectivity index (χ1) is 10.1. The third-order valence-corrected chi connectivity index (χ3v) is 4.60. The molecule has 0 aliphatic heterocycles. The topological polar surface area (TPSA) is 41.1 Å². The summed E-state index contributed by atoms with van der Waals surface area (Å²) in [5, 5.41) is 6.20. The molecule has 0 atom stereocenters. The lowest BCUT2D eigenvalue weighted by Gasteiger charge is -2.03.